The number of carboxylic acid groups (broad SMARTS) is 1. The van der Waals surface area contributed by atoms with Crippen molar-refractivity contribution in [2.24, 2.45) is 5.92 Å². The van der Waals surface area contributed by atoms with Gasteiger partial charge >= 0.3 is 12.1 Å². The minimum atomic E-state index is -4.76. The van der Waals surface area contributed by atoms with Crippen LogP contribution in [0.2, 0.25) is 0 Å². The zero-order chi connectivity index (χ0) is 14.0. The zero-order valence-corrected chi connectivity index (χ0v) is 10.2. The summed E-state index contributed by atoms with van der Waals surface area (Å²) in [4.78, 5) is 10.8. The molecule has 0 radical (unpaired) electrons. The molecule has 19 heavy (non-hydrogen) atoms. The Morgan fingerprint density at radius 2 is 1.95 bits per heavy atom. The van der Waals surface area contributed by atoms with Gasteiger partial charge in [-0.1, -0.05) is 24.5 Å². The van der Waals surface area contributed by atoms with Crippen molar-refractivity contribution in [1.82, 2.24) is 15.0 Å². The molecule has 1 heterocycles. The van der Waals surface area contributed by atoms with E-state index in [0.717, 1.165) is 32.1 Å². The van der Waals surface area contributed by atoms with E-state index in [2.05, 4.69) is 10.3 Å². The van der Waals surface area contributed by atoms with Gasteiger partial charge in [0.1, 0.15) is 0 Å². The topological polar surface area (TPSA) is 68.0 Å². The first-order valence-corrected chi connectivity index (χ1v) is 6.13. The number of carbonyl (C=O) groups is 1. The summed E-state index contributed by atoms with van der Waals surface area (Å²) < 4.78 is 39.4. The van der Waals surface area contributed by atoms with Gasteiger partial charge < -0.3 is 5.11 Å². The van der Waals surface area contributed by atoms with E-state index in [9.17, 15) is 18.0 Å². The summed E-state index contributed by atoms with van der Waals surface area (Å²) in [6, 6.07) is 0. The molecule has 0 saturated heterocycles. The molecule has 106 valence electrons. The Balaban J connectivity index is 2.27. The lowest BCUT2D eigenvalue weighted by Gasteiger charge is -2.22. The van der Waals surface area contributed by atoms with Gasteiger partial charge in [0.25, 0.3) is 0 Å². The van der Waals surface area contributed by atoms with Crippen LogP contribution in [0.15, 0.2) is 0 Å². The monoisotopic (exact) mass is 277 g/mol. The van der Waals surface area contributed by atoms with Crippen molar-refractivity contribution in [1.29, 1.82) is 0 Å². The van der Waals surface area contributed by atoms with Crippen LogP contribution in [0.4, 0.5) is 13.2 Å². The molecule has 0 spiro atoms. The van der Waals surface area contributed by atoms with E-state index in [-0.39, 0.29) is 12.5 Å². The highest BCUT2D eigenvalue weighted by atomic mass is 19.4. The van der Waals surface area contributed by atoms with Gasteiger partial charge in [0, 0.05) is 6.54 Å². The molecule has 1 aliphatic carbocycles. The Morgan fingerprint density at radius 1 is 1.32 bits per heavy atom. The van der Waals surface area contributed by atoms with Crippen molar-refractivity contribution in [3.63, 3.8) is 0 Å². The van der Waals surface area contributed by atoms with E-state index in [0.29, 0.717) is 4.68 Å². The van der Waals surface area contributed by atoms with Gasteiger partial charge in [-0.25, -0.2) is 9.48 Å². The molecule has 0 bridgehead atoms. The van der Waals surface area contributed by atoms with Crippen molar-refractivity contribution in [2.45, 2.75) is 44.8 Å². The minimum absolute atomic E-state index is 0.0785. The summed E-state index contributed by atoms with van der Waals surface area (Å²) in [5.41, 5.74) is -2.28. The Bertz CT molecular complexity index is 464. The van der Waals surface area contributed by atoms with Crippen molar-refractivity contribution in [3.8, 4) is 0 Å². The van der Waals surface area contributed by atoms with E-state index >= 15 is 0 Å². The number of hydrogen-bond acceptors (Lipinski definition) is 3. The van der Waals surface area contributed by atoms with Crippen molar-refractivity contribution >= 4 is 5.97 Å². The number of alkyl halides is 3. The van der Waals surface area contributed by atoms with Gasteiger partial charge in [0.2, 0.25) is 5.69 Å². The van der Waals surface area contributed by atoms with Crippen LogP contribution >= 0.6 is 0 Å². The van der Waals surface area contributed by atoms with Crippen molar-refractivity contribution < 1.29 is 23.1 Å². The molecular formula is C11H14F3N3O2. The molecule has 0 amide bonds. The van der Waals surface area contributed by atoms with E-state index in [4.69, 9.17) is 5.11 Å². The third kappa shape index (κ3) is 3.05. The third-order valence-corrected chi connectivity index (χ3v) is 3.36. The fraction of sp³-hybridized carbons (Fsp3) is 0.727. The van der Waals surface area contributed by atoms with Crippen LogP contribution < -0.4 is 0 Å². The highest BCUT2D eigenvalue weighted by Gasteiger charge is 2.41. The summed E-state index contributed by atoms with van der Waals surface area (Å²) in [6.07, 6.45) is 0.0182. The lowest BCUT2D eigenvalue weighted by molar-refractivity contribution is -0.145. The first-order valence-electron chi connectivity index (χ1n) is 6.13. The minimum Gasteiger partial charge on any atom is -0.476 e. The van der Waals surface area contributed by atoms with Crippen LogP contribution in [-0.2, 0) is 12.7 Å². The fourth-order valence-corrected chi connectivity index (χ4v) is 2.48. The Kier molecular flexibility index (Phi) is 3.77. The Hall–Kier alpha value is -1.60. The summed E-state index contributed by atoms with van der Waals surface area (Å²) in [7, 11) is 0. The number of aromatic carboxylic acids is 1. The Labute approximate surface area is 107 Å². The lowest BCUT2D eigenvalue weighted by Crippen LogP contribution is -2.22. The second-order valence-electron chi connectivity index (χ2n) is 4.78. The van der Waals surface area contributed by atoms with E-state index < -0.39 is 23.5 Å². The van der Waals surface area contributed by atoms with E-state index in [1.54, 1.807) is 0 Å². The van der Waals surface area contributed by atoms with Gasteiger partial charge in [0.15, 0.2) is 5.69 Å². The Morgan fingerprint density at radius 3 is 2.47 bits per heavy atom. The number of nitrogens with zero attached hydrogens (tertiary/aromatic N) is 3. The third-order valence-electron chi connectivity index (χ3n) is 3.36. The molecule has 0 atom stereocenters. The maximum Gasteiger partial charge on any atom is 0.435 e. The lowest BCUT2D eigenvalue weighted by atomic mass is 9.89. The largest absolute Gasteiger partial charge is 0.476 e. The summed E-state index contributed by atoms with van der Waals surface area (Å²) >= 11 is 0. The zero-order valence-electron chi connectivity index (χ0n) is 10.2. The normalized spacial score (nSPS) is 17.6. The van der Waals surface area contributed by atoms with Gasteiger partial charge in [0.05, 0.1) is 0 Å². The van der Waals surface area contributed by atoms with Gasteiger partial charge in [-0.05, 0) is 18.8 Å². The molecule has 1 aliphatic rings. The number of aromatic nitrogens is 3. The number of rotatable bonds is 3. The first kappa shape index (κ1) is 13.8. The fourth-order valence-electron chi connectivity index (χ4n) is 2.48. The summed E-state index contributed by atoms with van der Waals surface area (Å²) in [6.45, 7) is 0.0785. The standard InChI is InChI=1S/C11H14F3N3O2/c12-11(13,14)9-8(10(18)19)15-16-17(9)6-7-4-2-1-3-5-7/h7H,1-6H2,(H,18,19). The molecule has 5 nitrogen and oxygen atoms in total. The molecule has 0 aromatic carbocycles. The maximum atomic E-state index is 12.9. The van der Waals surface area contributed by atoms with Gasteiger partial charge in [-0.15, -0.1) is 5.10 Å². The second-order valence-corrected chi connectivity index (χ2v) is 4.78. The van der Waals surface area contributed by atoms with Crippen molar-refractivity contribution in [2.75, 3.05) is 0 Å². The van der Waals surface area contributed by atoms with Gasteiger partial charge in [-0.2, -0.15) is 13.2 Å². The number of halogens is 3. The average molecular weight is 277 g/mol. The van der Waals surface area contributed by atoms with Crippen LogP contribution in [-0.4, -0.2) is 26.1 Å². The predicted molar refractivity (Wildman–Crippen MR) is 58.6 cm³/mol. The van der Waals surface area contributed by atoms with E-state index in [1.165, 1.54) is 0 Å². The average Bonchev–Trinajstić information content (AvgIpc) is 2.74. The summed E-state index contributed by atoms with van der Waals surface area (Å²) in [5.74, 6) is -1.60. The molecule has 0 aliphatic heterocycles. The predicted octanol–water partition coefficient (Wildman–Crippen LogP) is 2.58. The molecule has 1 saturated carbocycles. The van der Waals surface area contributed by atoms with Gasteiger partial charge in [-0.3, -0.25) is 0 Å². The van der Waals surface area contributed by atoms with E-state index in [1.807, 2.05) is 0 Å². The highest BCUT2D eigenvalue weighted by Crippen LogP contribution is 2.33. The van der Waals surface area contributed by atoms with Crippen LogP contribution in [0.25, 0.3) is 0 Å². The summed E-state index contributed by atoms with van der Waals surface area (Å²) in [5, 5.41) is 15.2. The molecule has 1 N–H and O–H groups in total. The molecule has 1 fully saturated rings. The number of carboxylic acids is 1. The highest BCUT2D eigenvalue weighted by molar-refractivity contribution is 5.86. The molecule has 1 aromatic heterocycles. The second kappa shape index (κ2) is 5.18. The van der Waals surface area contributed by atoms with Crippen LogP contribution in [0, 0.1) is 5.92 Å². The SMILES string of the molecule is O=C(O)c1nnn(CC2CCCCC2)c1C(F)(F)F. The van der Waals surface area contributed by atoms with Crippen LogP contribution in [0.5, 0.6) is 0 Å². The molecule has 2 rings (SSSR count). The molecule has 0 unspecified atom stereocenters. The van der Waals surface area contributed by atoms with Crippen LogP contribution in [0.3, 0.4) is 0 Å². The molecular weight excluding hydrogens is 263 g/mol. The molecule has 8 heteroatoms. The maximum absolute atomic E-state index is 12.9. The van der Waals surface area contributed by atoms with Crippen LogP contribution in [0.1, 0.15) is 48.3 Å². The first-order chi connectivity index (χ1) is 8.89. The smallest absolute Gasteiger partial charge is 0.435 e. The van der Waals surface area contributed by atoms with Crippen molar-refractivity contribution in [3.05, 3.63) is 11.4 Å². The number of hydrogen-bond donors (Lipinski definition) is 1. The quantitative estimate of drug-likeness (QED) is 0.922. The molecule has 1 aromatic rings.